The first-order valence-electron chi connectivity index (χ1n) is 6.93. The van der Waals surface area contributed by atoms with Gasteiger partial charge in [0.1, 0.15) is 0 Å². The van der Waals surface area contributed by atoms with Crippen LogP contribution in [0.1, 0.15) is 24.2 Å². The second-order valence-electron chi connectivity index (χ2n) is 4.14. The number of aliphatic hydroxyl groups is 1. The number of amides is 1. The van der Waals surface area contributed by atoms with Crippen molar-refractivity contribution in [3.8, 4) is 0 Å². The summed E-state index contributed by atoms with van der Waals surface area (Å²) in [6.45, 7) is 3.39. The number of amidine groups is 1. The largest absolute Gasteiger partial charge is 0.480 e. The Bertz CT molecular complexity index is 611. The van der Waals surface area contributed by atoms with Gasteiger partial charge in [-0.15, -0.1) is 0 Å². The number of nitrogens with zero attached hydrogens (tertiary/aromatic N) is 1. The van der Waals surface area contributed by atoms with Gasteiger partial charge < -0.3 is 20.3 Å². The molecule has 0 aliphatic carbocycles. The zero-order chi connectivity index (χ0) is 17.2. The van der Waals surface area contributed by atoms with Gasteiger partial charge in [-0.3, -0.25) is 4.79 Å². The molecule has 0 radical (unpaired) electrons. The number of hydrazone groups is 1. The molecule has 1 aromatic rings. The Balaban J connectivity index is 2.96. The number of rotatable bonds is 7. The number of ether oxygens (including phenoxy) is 2. The van der Waals surface area contributed by atoms with Crippen LogP contribution < -0.4 is 11.2 Å². The second kappa shape index (κ2) is 9.08. The third kappa shape index (κ3) is 5.34. The van der Waals surface area contributed by atoms with E-state index in [-0.39, 0.29) is 13.2 Å². The lowest BCUT2D eigenvalue weighted by Gasteiger charge is -2.09. The number of carbonyl (C=O) groups is 2. The van der Waals surface area contributed by atoms with Gasteiger partial charge in [0.2, 0.25) is 0 Å². The van der Waals surface area contributed by atoms with E-state index < -0.39 is 29.2 Å². The quantitative estimate of drug-likeness (QED) is 0.172. The predicted octanol–water partition coefficient (Wildman–Crippen LogP) is 1.06. The highest BCUT2D eigenvalue weighted by molar-refractivity contribution is 6.18. The van der Waals surface area contributed by atoms with Crippen molar-refractivity contribution in [2.24, 2.45) is 10.8 Å². The van der Waals surface area contributed by atoms with Crippen molar-refractivity contribution in [2.75, 3.05) is 13.2 Å². The monoisotopic (exact) mass is 321 g/mol. The van der Waals surface area contributed by atoms with Crippen molar-refractivity contribution in [3.63, 3.8) is 0 Å². The summed E-state index contributed by atoms with van der Waals surface area (Å²) in [4.78, 5) is 23.7. The zero-order valence-electron chi connectivity index (χ0n) is 12.9. The summed E-state index contributed by atoms with van der Waals surface area (Å²) in [5.74, 6) is -2.58. The van der Waals surface area contributed by atoms with Crippen LogP contribution in [0.2, 0.25) is 0 Å². The number of nitrogens with two attached hydrogens (primary N) is 1. The van der Waals surface area contributed by atoms with E-state index in [0.29, 0.717) is 5.56 Å². The molecule has 0 saturated carbocycles. The molecule has 8 heteroatoms. The maximum Gasteiger partial charge on any atom is 0.349 e. The SMILES string of the molecule is CCOC(=O)C(C(N)=NNC(=O)c1ccccc1)=C(O)OCC. The number of carbonyl (C=O) groups excluding carboxylic acids is 2. The molecule has 0 spiro atoms. The van der Waals surface area contributed by atoms with Gasteiger partial charge in [0.25, 0.3) is 11.9 Å². The van der Waals surface area contributed by atoms with Crippen molar-refractivity contribution in [3.05, 3.63) is 47.4 Å². The summed E-state index contributed by atoms with van der Waals surface area (Å²) in [6.07, 6.45) is 0. The van der Waals surface area contributed by atoms with Gasteiger partial charge >= 0.3 is 5.97 Å². The van der Waals surface area contributed by atoms with Crippen molar-refractivity contribution in [1.82, 2.24) is 5.43 Å². The van der Waals surface area contributed by atoms with Crippen LogP contribution in [0.15, 0.2) is 47.0 Å². The minimum atomic E-state index is -0.909. The first kappa shape index (κ1) is 18.0. The maximum absolute atomic E-state index is 11.9. The zero-order valence-corrected chi connectivity index (χ0v) is 12.9. The first-order valence-corrected chi connectivity index (χ1v) is 6.93. The van der Waals surface area contributed by atoms with Crippen LogP contribution in [0.25, 0.3) is 0 Å². The summed E-state index contributed by atoms with van der Waals surface area (Å²) in [5.41, 5.74) is 7.74. The predicted molar refractivity (Wildman–Crippen MR) is 83.4 cm³/mol. The Labute approximate surface area is 133 Å². The second-order valence-corrected chi connectivity index (χ2v) is 4.14. The fourth-order valence-electron chi connectivity index (χ4n) is 1.53. The third-order valence-electron chi connectivity index (χ3n) is 2.54. The number of aliphatic hydroxyl groups excluding tert-OH is 1. The molecule has 0 bridgehead atoms. The summed E-state index contributed by atoms with van der Waals surface area (Å²) in [5, 5.41) is 13.3. The van der Waals surface area contributed by atoms with E-state index in [4.69, 9.17) is 15.2 Å². The van der Waals surface area contributed by atoms with E-state index in [1.165, 1.54) is 0 Å². The molecule has 23 heavy (non-hydrogen) atoms. The molecule has 0 atom stereocenters. The van der Waals surface area contributed by atoms with E-state index in [9.17, 15) is 14.7 Å². The highest BCUT2D eigenvalue weighted by Gasteiger charge is 2.23. The average Bonchev–Trinajstić information content (AvgIpc) is 2.54. The summed E-state index contributed by atoms with van der Waals surface area (Å²) in [7, 11) is 0. The third-order valence-corrected chi connectivity index (χ3v) is 2.54. The molecule has 0 aliphatic heterocycles. The Kier molecular flexibility index (Phi) is 7.12. The molecule has 1 aromatic carbocycles. The van der Waals surface area contributed by atoms with E-state index in [0.717, 1.165) is 0 Å². The van der Waals surface area contributed by atoms with Crippen LogP contribution in [0, 0.1) is 0 Å². The fourth-order valence-corrected chi connectivity index (χ4v) is 1.53. The van der Waals surface area contributed by atoms with E-state index in [1.54, 1.807) is 44.2 Å². The van der Waals surface area contributed by atoms with Gasteiger partial charge in [0, 0.05) is 5.56 Å². The van der Waals surface area contributed by atoms with Crippen LogP contribution >= 0.6 is 0 Å². The molecule has 0 heterocycles. The highest BCUT2D eigenvalue weighted by Crippen LogP contribution is 2.07. The molecule has 4 N–H and O–H groups in total. The van der Waals surface area contributed by atoms with Crippen molar-refractivity contribution >= 4 is 17.7 Å². The molecule has 0 fully saturated rings. The topological polar surface area (TPSA) is 123 Å². The van der Waals surface area contributed by atoms with Crippen LogP contribution in [-0.2, 0) is 14.3 Å². The Hall–Kier alpha value is -3.03. The van der Waals surface area contributed by atoms with E-state index >= 15 is 0 Å². The molecule has 0 aromatic heterocycles. The van der Waals surface area contributed by atoms with E-state index in [1.807, 2.05) is 0 Å². The Morgan fingerprint density at radius 3 is 2.35 bits per heavy atom. The van der Waals surface area contributed by atoms with Crippen molar-refractivity contribution in [2.45, 2.75) is 13.8 Å². The lowest BCUT2D eigenvalue weighted by Crippen LogP contribution is -2.29. The van der Waals surface area contributed by atoms with Crippen LogP contribution in [0.3, 0.4) is 0 Å². The molecule has 1 rings (SSSR count). The number of benzene rings is 1. The van der Waals surface area contributed by atoms with Crippen LogP contribution in [0.4, 0.5) is 0 Å². The van der Waals surface area contributed by atoms with Crippen LogP contribution in [0.5, 0.6) is 0 Å². The lowest BCUT2D eigenvalue weighted by molar-refractivity contribution is -0.138. The molecule has 1 amide bonds. The van der Waals surface area contributed by atoms with E-state index in [2.05, 4.69) is 10.5 Å². The van der Waals surface area contributed by atoms with Gasteiger partial charge in [0.05, 0.1) is 13.2 Å². The summed E-state index contributed by atoms with van der Waals surface area (Å²) < 4.78 is 9.62. The summed E-state index contributed by atoms with van der Waals surface area (Å²) in [6, 6.07) is 8.30. The molecule has 8 nitrogen and oxygen atoms in total. The van der Waals surface area contributed by atoms with Crippen molar-refractivity contribution in [1.29, 1.82) is 0 Å². The molecule has 0 aliphatic rings. The van der Waals surface area contributed by atoms with Gasteiger partial charge in [0.15, 0.2) is 11.4 Å². The molecule has 0 unspecified atom stereocenters. The van der Waals surface area contributed by atoms with Crippen molar-refractivity contribution < 1.29 is 24.2 Å². The fraction of sp³-hybridized carbons (Fsp3) is 0.267. The van der Waals surface area contributed by atoms with Gasteiger partial charge in [-0.05, 0) is 26.0 Å². The molecule has 0 saturated heterocycles. The highest BCUT2D eigenvalue weighted by atomic mass is 16.6. The Morgan fingerprint density at radius 2 is 1.78 bits per heavy atom. The van der Waals surface area contributed by atoms with Gasteiger partial charge in [-0.1, -0.05) is 18.2 Å². The number of hydrogen-bond donors (Lipinski definition) is 3. The standard InChI is InChI=1S/C15H19N3O5/c1-3-22-14(20)11(15(21)23-4-2)12(16)17-18-13(19)10-8-6-5-7-9-10/h5-9,20H,3-4H2,1-2H3,(H2,16,17)(H,18,19). The normalized spacial score (nSPS) is 12.2. The number of hydrogen-bond acceptors (Lipinski definition) is 6. The first-order chi connectivity index (χ1) is 11.0. The molecular formula is C15H19N3O5. The van der Waals surface area contributed by atoms with Gasteiger partial charge in [-0.2, -0.15) is 5.10 Å². The summed E-state index contributed by atoms with van der Waals surface area (Å²) >= 11 is 0. The van der Waals surface area contributed by atoms with Crippen LogP contribution in [-0.4, -0.2) is 36.0 Å². The molecular weight excluding hydrogens is 302 g/mol. The lowest BCUT2D eigenvalue weighted by atomic mass is 10.2. The van der Waals surface area contributed by atoms with Gasteiger partial charge in [-0.25, -0.2) is 10.2 Å². The number of nitrogens with one attached hydrogen (secondary N) is 1. The minimum absolute atomic E-state index is 0.0748. The minimum Gasteiger partial charge on any atom is -0.480 e. The average molecular weight is 321 g/mol. The smallest absolute Gasteiger partial charge is 0.349 e. The number of esters is 1. The molecule has 124 valence electrons. The Morgan fingerprint density at radius 1 is 1.17 bits per heavy atom. The maximum atomic E-state index is 11.9.